The van der Waals surface area contributed by atoms with Crippen LogP contribution in [0.1, 0.15) is 38.8 Å². The fourth-order valence-electron chi connectivity index (χ4n) is 1.14. The van der Waals surface area contributed by atoms with Crippen LogP contribution in [0, 0.1) is 0 Å². The first-order valence-electron chi connectivity index (χ1n) is 4.48. The van der Waals surface area contributed by atoms with Crippen LogP contribution in [0.2, 0.25) is 0 Å². The number of rotatable bonds is 4. The monoisotopic (exact) mass is 167 g/mol. The lowest BCUT2D eigenvalue weighted by atomic mass is 10.1. The van der Waals surface area contributed by atoms with Crippen molar-refractivity contribution >= 4 is 0 Å². The highest BCUT2D eigenvalue weighted by atomic mass is 15.1. The highest BCUT2D eigenvalue weighted by Gasteiger charge is 2.07. The smallest absolute Gasteiger partial charge is 0.0534 e. The summed E-state index contributed by atoms with van der Waals surface area (Å²) in [6, 6.07) is 0.952. The van der Waals surface area contributed by atoms with Gasteiger partial charge in [0.25, 0.3) is 0 Å². The number of hydrogen-bond donors (Lipinski definition) is 2. The minimum atomic E-state index is 0.388. The maximum Gasteiger partial charge on any atom is 0.0534 e. The Morgan fingerprint density at radius 1 is 1.58 bits per heavy atom. The fraction of sp³-hybridized carbons (Fsp3) is 0.667. The normalized spacial score (nSPS) is 15.9. The molecule has 2 atom stereocenters. The van der Waals surface area contributed by atoms with Gasteiger partial charge in [0.1, 0.15) is 0 Å². The Morgan fingerprint density at radius 3 is 2.83 bits per heavy atom. The molecule has 1 aromatic heterocycles. The minimum Gasteiger partial charge on any atom is -0.308 e. The van der Waals surface area contributed by atoms with Crippen LogP contribution >= 0.6 is 0 Å². The molecule has 1 heterocycles. The van der Waals surface area contributed by atoms with E-state index in [0.717, 1.165) is 6.42 Å². The number of nitrogens with one attached hydrogen (secondary N) is 2. The minimum absolute atomic E-state index is 0.388. The number of aromatic nitrogens is 2. The second-order valence-corrected chi connectivity index (χ2v) is 3.23. The molecule has 3 nitrogen and oxygen atoms in total. The van der Waals surface area contributed by atoms with Gasteiger partial charge in [0.05, 0.1) is 6.20 Å². The molecule has 0 amide bonds. The van der Waals surface area contributed by atoms with Gasteiger partial charge in [0.2, 0.25) is 0 Å². The van der Waals surface area contributed by atoms with E-state index in [-0.39, 0.29) is 0 Å². The summed E-state index contributed by atoms with van der Waals surface area (Å²) in [6.07, 6.45) is 4.95. The largest absolute Gasteiger partial charge is 0.308 e. The molecule has 68 valence electrons. The Kier molecular flexibility index (Phi) is 3.29. The molecule has 1 rings (SSSR count). The predicted octanol–water partition coefficient (Wildman–Crippen LogP) is 1.86. The number of aromatic amines is 1. The lowest BCUT2D eigenvalue weighted by molar-refractivity contribution is 0.469. The van der Waals surface area contributed by atoms with E-state index in [4.69, 9.17) is 0 Å². The first kappa shape index (κ1) is 9.26. The number of nitrogens with zero attached hydrogens (tertiary/aromatic N) is 1. The van der Waals surface area contributed by atoms with E-state index in [2.05, 4.69) is 36.3 Å². The Labute approximate surface area is 73.6 Å². The average Bonchev–Trinajstić information content (AvgIpc) is 2.56. The van der Waals surface area contributed by atoms with Gasteiger partial charge < -0.3 is 5.32 Å². The van der Waals surface area contributed by atoms with Crippen LogP contribution in [0.25, 0.3) is 0 Å². The standard InChI is InChI=1S/C9H17N3/c1-4-7(2)12-8(3)9-5-10-11-6-9/h5-8,12H,4H2,1-3H3,(H,10,11). The molecule has 0 aliphatic heterocycles. The van der Waals surface area contributed by atoms with Gasteiger partial charge in [-0.3, -0.25) is 5.10 Å². The fourth-order valence-corrected chi connectivity index (χ4v) is 1.14. The van der Waals surface area contributed by atoms with Gasteiger partial charge in [-0.05, 0) is 20.3 Å². The summed E-state index contributed by atoms with van der Waals surface area (Å²) in [7, 11) is 0. The van der Waals surface area contributed by atoms with Crippen molar-refractivity contribution in [1.82, 2.24) is 15.5 Å². The third-order valence-electron chi connectivity index (χ3n) is 2.17. The SMILES string of the molecule is CCC(C)NC(C)c1cn[nH]c1. The van der Waals surface area contributed by atoms with Crippen LogP contribution in [0.5, 0.6) is 0 Å². The highest BCUT2D eigenvalue weighted by molar-refractivity contribution is 5.07. The van der Waals surface area contributed by atoms with Crippen molar-refractivity contribution in [2.45, 2.75) is 39.3 Å². The number of H-pyrrole nitrogens is 1. The highest BCUT2D eigenvalue weighted by Crippen LogP contribution is 2.10. The summed E-state index contributed by atoms with van der Waals surface area (Å²) in [5, 5.41) is 10.2. The van der Waals surface area contributed by atoms with Crippen molar-refractivity contribution in [3.63, 3.8) is 0 Å². The zero-order valence-corrected chi connectivity index (χ0v) is 7.96. The summed E-state index contributed by atoms with van der Waals surface area (Å²) >= 11 is 0. The molecule has 0 fully saturated rings. The van der Waals surface area contributed by atoms with Gasteiger partial charge in [0, 0.05) is 23.8 Å². The molecule has 0 saturated heterocycles. The zero-order chi connectivity index (χ0) is 8.97. The van der Waals surface area contributed by atoms with Crippen LogP contribution in [0.4, 0.5) is 0 Å². The first-order valence-corrected chi connectivity index (χ1v) is 4.48. The average molecular weight is 167 g/mol. The van der Waals surface area contributed by atoms with Gasteiger partial charge in [-0.15, -0.1) is 0 Å². The van der Waals surface area contributed by atoms with E-state index in [9.17, 15) is 0 Å². The number of hydrogen-bond acceptors (Lipinski definition) is 2. The van der Waals surface area contributed by atoms with Crippen LogP contribution in [0.15, 0.2) is 12.4 Å². The van der Waals surface area contributed by atoms with Gasteiger partial charge in [0.15, 0.2) is 0 Å². The van der Waals surface area contributed by atoms with E-state index in [1.807, 2.05) is 12.4 Å². The third-order valence-corrected chi connectivity index (χ3v) is 2.17. The lowest BCUT2D eigenvalue weighted by Crippen LogP contribution is -2.27. The lowest BCUT2D eigenvalue weighted by Gasteiger charge is -2.17. The maximum absolute atomic E-state index is 3.91. The quantitative estimate of drug-likeness (QED) is 0.718. The third kappa shape index (κ3) is 2.34. The van der Waals surface area contributed by atoms with Gasteiger partial charge in [-0.1, -0.05) is 6.92 Å². The summed E-state index contributed by atoms with van der Waals surface area (Å²) in [5.74, 6) is 0. The Morgan fingerprint density at radius 2 is 2.33 bits per heavy atom. The van der Waals surface area contributed by atoms with Gasteiger partial charge >= 0.3 is 0 Å². The summed E-state index contributed by atoms with van der Waals surface area (Å²) in [5.41, 5.74) is 1.22. The Balaban J connectivity index is 2.44. The summed E-state index contributed by atoms with van der Waals surface area (Å²) in [4.78, 5) is 0. The zero-order valence-electron chi connectivity index (χ0n) is 7.96. The molecule has 2 N–H and O–H groups in total. The maximum atomic E-state index is 3.91. The predicted molar refractivity (Wildman–Crippen MR) is 49.9 cm³/mol. The van der Waals surface area contributed by atoms with Crippen molar-refractivity contribution < 1.29 is 0 Å². The van der Waals surface area contributed by atoms with E-state index < -0.39 is 0 Å². The van der Waals surface area contributed by atoms with Crippen LogP contribution in [-0.4, -0.2) is 16.2 Å². The van der Waals surface area contributed by atoms with Gasteiger partial charge in [-0.2, -0.15) is 5.10 Å². The first-order chi connectivity index (χ1) is 5.74. The summed E-state index contributed by atoms with van der Waals surface area (Å²) in [6.45, 7) is 6.52. The van der Waals surface area contributed by atoms with Crippen molar-refractivity contribution in [2.24, 2.45) is 0 Å². The van der Waals surface area contributed by atoms with Crippen molar-refractivity contribution in [3.05, 3.63) is 18.0 Å². The molecule has 0 aliphatic rings. The van der Waals surface area contributed by atoms with E-state index >= 15 is 0 Å². The molecule has 0 bridgehead atoms. The van der Waals surface area contributed by atoms with E-state index in [1.54, 1.807) is 0 Å². The van der Waals surface area contributed by atoms with E-state index in [1.165, 1.54) is 5.56 Å². The molecule has 0 spiro atoms. The molecular formula is C9H17N3. The van der Waals surface area contributed by atoms with Crippen LogP contribution < -0.4 is 5.32 Å². The Bertz CT molecular complexity index is 206. The molecule has 1 aromatic rings. The van der Waals surface area contributed by atoms with E-state index in [0.29, 0.717) is 12.1 Å². The molecular weight excluding hydrogens is 150 g/mol. The van der Waals surface area contributed by atoms with Crippen LogP contribution in [0.3, 0.4) is 0 Å². The molecule has 0 radical (unpaired) electrons. The molecule has 12 heavy (non-hydrogen) atoms. The van der Waals surface area contributed by atoms with Crippen molar-refractivity contribution in [1.29, 1.82) is 0 Å². The second-order valence-electron chi connectivity index (χ2n) is 3.23. The molecule has 0 saturated carbocycles. The molecule has 2 unspecified atom stereocenters. The van der Waals surface area contributed by atoms with Crippen LogP contribution in [-0.2, 0) is 0 Å². The molecule has 0 aromatic carbocycles. The van der Waals surface area contributed by atoms with Gasteiger partial charge in [-0.25, -0.2) is 0 Å². The topological polar surface area (TPSA) is 40.7 Å². The second kappa shape index (κ2) is 4.26. The summed E-state index contributed by atoms with van der Waals surface area (Å²) < 4.78 is 0. The molecule has 0 aliphatic carbocycles. The van der Waals surface area contributed by atoms with Crippen molar-refractivity contribution in [2.75, 3.05) is 0 Å². The molecule has 3 heteroatoms. The van der Waals surface area contributed by atoms with Crippen molar-refractivity contribution in [3.8, 4) is 0 Å². The Hall–Kier alpha value is -0.830.